The summed E-state index contributed by atoms with van der Waals surface area (Å²) in [4.78, 5) is 0. The van der Waals surface area contributed by atoms with E-state index >= 15 is 0 Å². The van der Waals surface area contributed by atoms with E-state index in [-0.39, 0.29) is 13.2 Å². The molecule has 66 valence electrons. The van der Waals surface area contributed by atoms with Crippen molar-refractivity contribution in [3.8, 4) is 0 Å². The van der Waals surface area contributed by atoms with Crippen molar-refractivity contribution in [1.82, 2.24) is 0 Å². The average Bonchev–Trinajstić information content (AvgIpc) is 2.09. The first-order chi connectivity index (χ1) is 5.69. The fourth-order valence-corrected chi connectivity index (χ4v) is 1.02. The number of nitrogen functional groups attached to an aromatic ring is 2. The Morgan fingerprint density at radius 1 is 0.917 bits per heavy atom. The van der Waals surface area contributed by atoms with Crippen molar-refractivity contribution in [2.24, 2.45) is 0 Å². The Bertz CT molecular complexity index is 258. The first kappa shape index (κ1) is 8.83. The molecule has 0 spiro atoms. The predicted octanol–water partition coefficient (Wildman–Crippen LogP) is -0.164. The number of hydrogen-bond donors (Lipinski definition) is 4. The molecule has 0 bridgehead atoms. The summed E-state index contributed by atoms with van der Waals surface area (Å²) in [5, 5.41) is 17.7. The van der Waals surface area contributed by atoms with Crippen molar-refractivity contribution >= 4 is 11.4 Å². The van der Waals surface area contributed by atoms with Crippen LogP contribution < -0.4 is 11.5 Å². The largest absolute Gasteiger partial charge is 0.397 e. The van der Waals surface area contributed by atoms with Gasteiger partial charge in [0.2, 0.25) is 0 Å². The van der Waals surface area contributed by atoms with Crippen LogP contribution in [-0.4, -0.2) is 10.2 Å². The molecule has 4 nitrogen and oxygen atoms in total. The zero-order chi connectivity index (χ0) is 9.14. The summed E-state index contributed by atoms with van der Waals surface area (Å²) in [5.41, 5.74) is 13.1. The Labute approximate surface area is 70.4 Å². The number of anilines is 2. The van der Waals surface area contributed by atoms with Gasteiger partial charge in [-0.15, -0.1) is 0 Å². The summed E-state index contributed by atoms with van der Waals surface area (Å²) in [7, 11) is 0. The van der Waals surface area contributed by atoms with Crippen molar-refractivity contribution in [1.29, 1.82) is 0 Å². The highest BCUT2D eigenvalue weighted by molar-refractivity contribution is 5.65. The lowest BCUT2D eigenvalue weighted by atomic mass is 10.1. The van der Waals surface area contributed by atoms with Gasteiger partial charge < -0.3 is 21.7 Å². The van der Waals surface area contributed by atoms with Gasteiger partial charge in [0.1, 0.15) is 0 Å². The summed E-state index contributed by atoms with van der Waals surface area (Å²) in [6.45, 7) is -0.277. The molecule has 0 saturated heterocycles. The first-order valence-corrected chi connectivity index (χ1v) is 3.57. The molecule has 0 saturated carbocycles. The van der Waals surface area contributed by atoms with E-state index in [0.29, 0.717) is 22.5 Å². The quantitative estimate of drug-likeness (QED) is 0.461. The molecular formula is C8H12N2O2. The van der Waals surface area contributed by atoms with E-state index in [4.69, 9.17) is 21.7 Å². The van der Waals surface area contributed by atoms with Crippen molar-refractivity contribution in [2.45, 2.75) is 13.2 Å². The molecule has 0 heterocycles. The number of benzene rings is 1. The van der Waals surface area contributed by atoms with Gasteiger partial charge in [-0.25, -0.2) is 0 Å². The van der Waals surface area contributed by atoms with Crippen LogP contribution in [0.4, 0.5) is 11.4 Å². The third-order valence-corrected chi connectivity index (χ3v) is 1.75. The Morgan fingerprint density at radius 3 is 1.50 bits per heavy atom. The summed E-state index contributed by atoms with van der Waals surface area (Å²) in [6, 6.07) is 3.14. The van der Waals surface area contributed by atoms with Gasteiger partial charge in [-0.3, -0.25) is 0 Å². The molecule has 0 amide bonds. The maximum absolute atomic E-state index is 8.86. The minimum atomic E-state index is -0.139. The maximum Gasteiger partial charge on any atom is 0.0686 e. The highest BCUT2D eigenvalue weighted by Gasteiger charge is 2.03. The van der Waals surface area contributed by atoms with Crippen LogP contribution in [0.25, 0.3) is 0 Å². The Hall–Kier alpha value is -1.26. The van der Waals surface area contributed by atoms with Crippen LogP contribution in [0.3, 0.4) is 0 Å². The van der Waals surface area contributed by atoms with Crippen LogP contribution in [0.2, 0.25) is 0 Å². The average molecular weight is 168 g/mol. The van der Waals surface area contributed by atoms with E-state index in [2.05, 4.69) is 0 Å². The molecule has 1 aromatic rings. The molecule has 0 aromatic heterocycles. The molecule has 1 aromatic carbocycles. The molecular weight excluding hydrogens is 156 g/mol. The summed E-state index contributed by atoms with van der Waals surface area (Å²) >= 11 is 0. The Morgan fingerprint density at radius 2 is 1.25 bits per heavy atom. The van der Waals surface area contributed by atoms with Crippen molar-refractivity contribution in [2.75, 3.05) is 11.5 Å². The van der Waals surface area contributed by atoms with Crippen molar-refractivity contribution < 1.29 is 10.2 Å². The summed E-state index contributed by atoms with van der Waals surface area (Å²) < 4.78 is 0. The molecule has 0 aliphatic rings. The standard InChI is InChI=1S/C8H12N2O2/c9-7-1-5(3-11)6(4-12)2-8(7)10/h1-2,11-12H,3-4,9-10H2. The van der Waals surface area contributed by atoms with Gasteiger partial charge in [0.25, 0.3) is 0 Å². The Kier molecular flexibility index (Phi) is 2.52. The summed E-state index contributed by atoms with van der Waals surface area (Å²) in [5.74, 6) is 0. The number of aliphatic hydroxyl groups is 2. The third-order valence-electron chi connectivity index (χ3n) is 1.75. The van der Waals surface area contributed by atoms with E-state index < -0.39 is 0 Å². The number of rotatable bonds is 2. The second kappa shape index (κ2) is 3.42. The van der Waals surface area contributed by atoms with Crippen LogP contribution in [0.1, 0.15) is 11.1 Å². The lowest BCUT2D eigenvalue weighted by Crippen LogP contribution is -2.01. The highest BCUT2D eigenvalue weighted by atomic mass is 16.3. The van der Waals surface area contributed by atoms with Gasteiger partial charge in [0.05, 0.1) is 24.6 Å². The molecule has 1 rings (SSSR count). The minimum Gasteiger partial charge on any atom is -0.397 e. The molecule has 4 heteroatoms. The molecule has 6 N–H and O–H groups in total. The third kappa shape index (κ3) is 1.49. The van der Waals surface area contributed by atoms with Gasteiger partial charge in [0, 0.05) is 0 Å². The van der Waals surface area contributed by atoms with Crippen molar-refractivity contribution in [3.05, 3.63) is 23.3 Å². The van der Waals surface area contributed by atoms with Gasteiger partial charge in [0.15, 0.2) is 0 Å². The highest BCUT2D eigenvalue weighted by Crippen LogP contribution is 2.20. The topological polar surface area (TPSA) is 92.5 Å². The second-order valence-electron chi connectivity index (χ2n) is 2.57. The molecule has 0 fully saturated rings. The van der Waals surface area contributed by atoms with E-state index in [1.165, 1.54) is 0 Å². The van der Waals surface area contributed by atoms with E-state index in [1.807, 2.05) is 0 Å². The van der Waals surface area contributed by atoms with E-state index in [9.17, 15) is 0 Å². The van der Waals surface area contributed by atoms with Crippen LogP contribution >= 0.6 is 0 Å². The summed E-state index contributed by atoms with van der Waals surface area (Å²) in [6.07, 6.45) is 0. The smallest absolute Gasteiger partial charge is 0.0686 e. The molecule has 0 radical (unpaired) electrons. The van der Waals surface area contributed by atoms with Crippen LogP contribution in [-0.2, 0) is 13.2 Å². The maximum atomic E-state index is 8.86. The molecule has 12 heavy (non-hydrogen) atoms. The zero-order valence-corrected chi connectivity index (χ0v) is 6.62. The van der Waals surface area contributed by atoms with E-state index in [1.54, 1.807) is 12.1 Å². The van der Waals surface area contributed by atoms with Crippen LogP contribution in [0, 0.1) is 0 Å². The molecule has 0 unspecified atom stereocenters. The van der Waals surface area contributed by atoms with Gasteiger partial charge in [-0.1, -0.05) is 0 Å². The van der Waals surface area contributed by atoms with Gasteiger partial charge in [-0.2, -0.15) is 0 Å². The number of aliphatic hydroxyl groups excluding tert-OH is 2. The van der Waals surface area contributed by atoms with Gasteiger partial charge in [-0.05, 0) is 23.3 Å². The SMILES string of the molecule is Nc1cc(CO)c(CO)cc1N. The minimum absolute atomic E-state index is 0.139. The first-order valence-electron chi connectivity index (χ1n) is 3.57. The fraction of sp³-hybridized carbons (Fsp3) is 0.250. The lowest BCUT2D eigenvalue weighted by Gasteiger charge is -2.07. The molecule has 0 atom stereocenters. The monoisotopic (exact) mass is 168 g/mol. The fourth-order valence-electron chi connectivity index (χ4n) is 1.02. The van der Waals surface area contributed by atoms with Gasteiger partial charge >= 0.3 is 0 Å². The second-order valence-corrected chi connectivity index (χ2v) is 2.57. The van der Waals surface area contributed by atoms with Crippen LogP contribution in [0.15, 0.2) is 12.1 Å². The number of nitrogens with two attached hydrogens (primary N) is 2. The van der Waals surface area contributed by atoms with E-state index in [0.717, 1.165) is 0 Å². The predicted molar refractivity (Wildman–Crippen MR) is 47.1 cm³/mol. The number of hydrogen-bond acceptors (Lipinski definition) is 4. The van der Waals surface area contributed by atoms with Crippen molar-refractivity contribution in [3.63, 3.8) is 0 Å². The molecule has 0 aliphatic carbocycles. The lowest BCUT2D eigenvalue weighted by molar-refractivity contribution is 0.260. The zero-order valence-electron chi connectivity index (χ0n) is 6.62. The Balaban J connectivity index is 3.19. The van der Waals surface area contributed by atoms with Crippen LogP contribution in [0.5, 0.6) is 0 Å². The normalized spacial score (nSPS) is 10.2. The molecule has 0 aliphatic heterocycles.